The summed E-state index contributed by atoms with van der Waals surface area (Å²) in [7, 11) is 1.34. The molecule has 2 aromatic rings. The third-order valence-corrected chi connectivity index (χ3v) is 5.06. The summed E-state index contributed by atoms with van der Waals surface area (Å²) in [5.74, 6) is -0.376. The van der Waals surface area contributed by atoms with Gasteiger partial charge in [-0.15, -0.1) is 0 Å². The van der Waals surface area contributed by atoms with Gasteiger partial charge in [0.25, 0.3) is 11.8 Å². The fourth-order valence-corrected chi connectivity index (χ4v) is 3.14. The van der Waals surface area contributed by atoms with E-state index in [0.29, 0.717) is 36.3 Å². The second-order valence-electron chi connectivity index (χ2n) is 6.88. The van der Waals surface area contributed by atoms with Gasteiger partial charge in [-0.3, -0.25) is 14.5 Å². The molecule has 0 saturated carbocycles. The lowest BCUT2D eigenvalue weighted by Gasteiger charge is -2.26. The van der Waals surface area contributed by atoms with Crippen LogP contribution in [0, 0.1) is 0 Å². The number of methoxy groups -OCH3 is 1. The number of esters is 1. The van der Waals surface area contributed by atoms with E-state index in [9.17, 15) is 14.4 Å². The van der Waals surface area contributed by atoms with Gasteiger partial charge in [-0.05, 0) is 49.6 Å². The second-order valence-corrected chi connectivity index (χ2v) is 6.88. The number of hydrogen-bond acceptors (Lipinski definition) is 5. The van der Waals surface area contributed by atoms with E-state index >= 15 is 0 Å². The van der Waals surface area contributed by atoms with Crippen LogP contribution in [-0.4, -0.2) is 41.9 Å². The van der Waals surface area contributed by atoms with Gasteiger partial charge in [-0.2, -0.15) is 0 Å². The monoisotopic (exact) mass is 381 g/mol. The molecule has 1 aliphatic rings. The molecule has 0 spiro atoms. The van der Waals surface area contributed by atoms with Gasteiger partial charge in [0.1, 0.15) is 5.75 Å². The van der Waals surface area contributed by atoms with E-state index in [2.05, 4.69) is 0 Å². The second kappa shape index (κ2) is 7.84. The number of carbonyl (C=O) groups is 3. The van der Waals surface area contributed by atoms with Gasteiger partial charge in [0, 0.05) is 6.54 Å². The topological polar surface area (TPSA) is 72.9 Å². The predicted molar refractivity (Wildman–Crippen MR) is 103 cm³/mol. The van der Waals surface area contributed by atoms with E-state index in [4.69, 9.17) is 9.47 Å². The summed E-state index contributed by atoms with van der Waals surface area (Å²) in [6, 6.07) is 14.1. The van der Waals surface area contributed by atoms with Crippen molar-refractivity contribution in [2.75, 3.05) is 13.7 Å². The van der Waals surface area contributed by atoms with E-state index in [0.717, 1.165) is 5.56 Å². The highest BCUT2D eigenvalue weighted by atomic mass is 16.6. The summed E-state index contributed by atoms with van der Waals surface area (Å²) in [5, 5.41) is 0. The average molecular weight is 381 g/mol. The van der Waals surface area contributed by atoms with Gasteiger partial charge < -0.3 is 9.47 Å². The molecule has 2 amide bonds. The van der Waals surface area contributed by atoms with Crippen LogP contribution in [-0.2, 0) is 16.0 Å². The van der Waals surface area contributed by atoms with Crippen molar-refractivity contribution in [2.24, 2.45) is 0 Å². The van der Waals surface area contributed by atoms with Crippen molar-refractivity contribution in [2.45, 2.75) is 32.3 Å². The molecule has 0 N–H and O–H groups in total. The number of amides is 2. The number of nitrogens with zero attached hydrogens (tertiary/aromatic N) is 1. The molecular weight excluding hydrogens is 358 g/mol. The zero-order valence-electron chi connectivity index (χ0n) is 16.2. The fraction of sp³-hybridized carbons (Fsp3) is 0.318. The summed E-state index contributed by atoms with van der Waals surface area (Å²) in [6.45, 7) is 3.85. The minimum atomic E-state index is -1.05. The fourth-order valence-electron chi connectivity index (χ4n) is 3.14. The van der Waals surface area contributed by atoms with E-state index in [1.165, 1.54) is 12.0 Å². The molecule has 28 heavy (non-hydrogen) atoms. The minimum Gasteiger partial charge on any atom is -0.476 e. The van der Waals surface area contributed by atoms with Crippen LogP contribution in [0.5, 0.6) is 5.75 Å². The number of ether oxygens (including phenoxy) is 2. The van der Waals surface area contributed by atoms with Crippen molar-refractivity contribution >= 4 is 17.8 Å². The van der Waals surface area contributed by atoms with Crippen molar-refractivity contribution in [3.8, 4) is 5.75 Å². The van der Waals surface area contributed by atoms with Gasteiger partial charge in [-0.25, -0.2) is 4.79 Å². The van der Waals surface area contributed by atoms with Crippen LogP contribution in [0.3, 0.4) is 0 Å². The van der Waals surface area contributed by atoms with Crippen LogP contribution < -0.4 is 4.74 Å². The molecule has 0 unspecified atom stereocenters. The smallest absolute Gasteiger partial charge is 0.349 e. The molecule has 0 saturated heterocycles. The standard InChI is InChI=1S/C22H23NO5/c1-4-22(2,21(26)27-3)28-16-11-9-15(10-12-16)13-14-23-19(24)17-7-5-6-8-18(17)20(23)25/h5-12H,4,13-14H2,1-3H3/t22-/m0/s1. The molecular formula is C22H23NO5. The highest BCUT2D eigenvalue weighted by molar-refractivity contribution is 6.21. The number of benzene rings is 2. The predicted octanol–water partition coefficient (Wildman–Crippen LogP) is 3.25. The lowest BCUT2D eigenvalue weighted by molar-refractivity contribution is -0.157. The lowest BCUT2D eigenvalue weighted by Crippen LogP contribution is -2.41. The molecule has 3 rings (SSSR count). The first-order chi connectivity index (χ1) is 13.4. The molecule has 1 heterocycles. The van der Waals surface area contributed by atoms with Crippen molar-refractivity contribution in [3.05, 3.63) is 65.2 Å². The van der Waals surface area contributed by atoms with Crippen molar-refractivity contribution < 1.29 is 23.9 Å². The summed E-state index contributed by atoms with van der Waals surface area (Å²) in [5.41, 5.74) is 0.826. The molecule has 6 heteroatoms. The summed E-state index contributed by atoms with van der Waals surface area (Å²) in [4.78, 5) is 38.0. The Morgan fingerprint density at radius 1 is 1.00 bits per heavy atom. The maximum absolute atomic E-state index is 12.4. The molecule has 2 aromatic carbocycles. The Labute approximate surface area is 164 Å². The third-order valence-electron chi connectivity index (χ3n) is 5.06. The Bertz CT molecular complexity index is 870. The third kappa shape index (κ3) is 3.63. The molecule has 0 bridgehead atoms. The highest BCUT2D eigenvalue weighted by Gasteiger charge is 2.35. The van der Waals surface area contributed by atoms with Gasteiger partial charge >= 0.3 is 5.97 Å². The Morgan fingerprint density at radius 3 is 2.07 bits per heavy atom. The van der Waals surface area contributed by atoms with Gasteiger partial charge in [-0.1, -0.05) is 31.2 Å². The number of imide groups is 1. The Kier molecular flexibility index (Phi) is 5.49. The van der Waals surface area contributed by atoms with Crippen LogP contribution in [0.4, 0.5) is 0 Å². The number of fused-ring (bicyclic) bond motifs is 1. The Balaban J connectivity index is 1.64. The Hall–Kier alpha value is -3.15. The first-order valence-electron chi connectivity index (χ1n) is 9.21. The van der Waals surface area contributed by atoms with E-state index in [1.807, 2.05) is 19.1 Å². The maximum Gasteiger partial charge on any atom is 0.349 e. The largest absolute Gasteiger partial charge is 0.476 e. The van der Waals surface area contributed by atoms with Crippen molar-refractivity contribution in [1.82, 2.24) is 4.90 Å². The maximum atomic E-state index is 12.4. The molecule has 146 valence electrons. The molecule has 0 radical (unpaired) electrons. The Morgan fingerprint density at radius 2 is 1.57 bits per heavy atom. The van der Waals surface area contributed by atoms with Gasteiger partial charge in [0.15, 0.2) is 0 Å². The quantitative estimate of drug-likeness (QED) is 0.544. The molecule has 1 atom stereocenters. The number of carbonyl (C=O) groups excluding carboxylic acids is 3. The van der Waals surface area contributed by atoms with E-state index < -0.39 is 11.6 Å². The molecule has 0 aromatic heterocycles. The number of rotatable bonds is 7. The molecule has 0 fully saturated rings. The molecule has 6 nitrogen and oxygen atoms in total. The minimum absolute atomic E-state index is 0.252. The van der Waals surface area contributed by atoms with Crippen LogP contribution in [0.15, 0.2) is 48.5 Å². The van der Waals surface area contributed by atoms with Crippen LogP contribution in [0.2, 0.25) is 0 Å². The average Bonchev–Trinajstić information content (AvgIpc) is 2.97. The highest BCUT2D eigenvalue weighted by Crippen LogP contribution is 2.25. The van der Waals surface area contributed by atoms with Crippen molar-refractivity contribution in [3.63, 3.8) is 0 Å². The SMILES string of the molecule is CC[C@](C)(Oc1ccc(CCN2C(=O)c3ccccc3C2=O)cc1)C(=O)OC. The molecule has 0 aliphatic carbocycles. The first kappa shape index (κ1) is 19.6. The zero-order chi connectivity index (χ0) is 20.3. The van der Waals surface area contributed by atoms with Gasteiger partial charge in [0.05, 0.1) is 18.2 Å². The summed E-state index contributed by atoms with van der Waals surface area (Å²) in [6.07, 6.45) is 1.01. The van der Waals surface area contributed by atoms with Crippen LogP contribution in [0.1, 0.15) is 46.5 Å². The lowest BCUT2D eigenvalue weighted by atomic mass is 10.0. The van der Waals surface area contributed by atoms with E-state index in [1.54, 1.807) is 43.3 Å². The van der Waals surface area contributed by atoms with Crippen LogP contribution in [0.25, 0.3) is 0 Å². The number of hydrogen-bond donors (Lipinski definition) is 0. The summed E-state index contributed by atoms with van der Waals surface area (Å²) < 4.78 is 10.6. The molecule has 1 aliphatic heterocycles. The summed E-state index contributed by atoms with van der Waals surface area (Å²) >= 11 is 0. The zero-order valence-corrected chi connectivity index (χ0v) is 16.2. The van der Waals surface area contributed by atoms with Crippen molar-refractivity contribution in [1.29, 1.82) is 0 Å². The van der Waals surface area contributed by atoms with Crippen LogP contribution >= 0.6 is 0 Å². The van der Waals surface area contributed by atoms with Gasteiger partial charge in [0.2, 0.25) is 5.60 Å². The normalized spacial score (nSPS) is 15.2. The first-order valence-corrected chi connectivity index (χ1v) is 9.21. The van der Waals surface area contributed by atoms with E-state index in [-0.39, 0.29) is 11.8 Å².